The molecule has 0 aliphatic heterocycles. The summed E-state index contributed by atoms with van der Waals surface area (Å²) < 4.78 is 0. The van der Waals surface area contributed by atoms with Crippen molar-refractivity contribution >= 4 is 17.6 Å². The number of hydrogen-bond donors (Lipinski definition) is 1. The summed E-state index contributed by atoms with van der Waals surface area (Å²) in [6.07, 6.45) is 3.81. The van der Waals surface area contributed by atoms with E-state index in [1.54, 1.807) is 0 Å². The van der Waals surface area contributed by atoms with Gasteiger partial charge in [-0.25, -0.2) is 4.98 Å². The summed E-state index contributed by atoms with van der Waals surface area (Å²) in [6.45, 7) is 10.8. The van der Waals surface area contributed by atoms with E-state index < -0.39 is 0 Å². The van der Waals surface area contributed by atoms with E-state index in [1.807, 2.05) is 31.3 Å². The number of nitrogens with one attached hydrogen (secondary N) is 1. The number of aromatic nitrogens is 2. The smallest absolute Gasteiger partial charge is 0.236 e. The van der Waals surface area contributed by atoms with Crippen LogP contribution in [0.3, 0.4) is 0 Å². The van der Waals surface area contributed by atoms with E-state index in [0.29, 0.717) is 6.71 Å². The van der Waals surface area contributed by atoms with Crippen molar-refractivity contribution < 1.29 is 0 Å². The number of aryl methyl sites for hydroxylation is 2. The topological polar surface area (TPSA) is 28.7 Å². The number of rotatable bonds is 6. The molecule has 0 saturated heterocycles. The summed E-state index contributed by atoms with van der Waals surface area (Å²) in [5.74, 6) is 1.03. The molecule has 3 aromatic carbocycles. The Kier molecular flexibility index (Phi) is 8.06. The average Bonchev–Trinajstić information content (AvgIpc) is 3.20. The molecule has 0 saturated carbocycles. The Morgan fingerprint density at radius 2 is 1.52 bits per heavy atom. The zero-order valence-electron chi connectivity index (χ0n) is 18.8. The van der Waals surface area contributed by atoms with Gasteiger partial charge in [-0.3, -0.25) is 0 Å². The maximum atomic E-state index is 4.26. The lowest BCUT2D eigenvalue weighted by Crippen LogP contribution is -2.44. The van der Waals surface area contributed by atoms with E-state index in [2.05, 4.69) is 97.1 Å². The molecule has 4 rings (SSSR count). The lowest BCUT2D eigenvalue weighted by atomic mass is 9.36. The first-order valence-corrected chi connectivity index (χ1v) is 10.9. The molecule has 2 nitrogen and oxygen atoms in total. The van der Waals surface area contributed by atoms with Crippen LogP contribution in [0.25, 0.3) is 0 Å². The molecule has 0 radical (unpaired) electrons. The highest BCUT2D eigenvalue weighted by molar-refractivity contribution is 6.91. The van der Waals surface area contributed by atoms with E-state index in [4.69, 9.17) is 0 Å². The molecule has 1 N–H and O–H groups in total. The van der Waals surface area contributed by atoms with Gasteiger partial charge in [0.15, 0.2) is 0 Å². The molecule has 0 aliphatic rings. The van der Waals surface area contributed by atoms with Gasteiger partial charge in [-0.05, 0) is 18.9 Å². The summed E-state index contributed by atoms with van der Waals surface area (Å²) in [5, 5.41) is 0. The van der Waals surface area contributed by atoms with Gasteiger partial charge in [0.1, 0.15) is 5.82 Å². The monoisotopic (exact) mass is 406 g/mol. The molecular weight excluding hydrogens is 375 g/mol. The third-order valence-corrected chi connectivity index (χ3v) is 5.34. The fourth-order valence-electron chi connectivity index (χ4n) is 3.86. The first-order valence-electron chi connectivity index (χ1n) is 10.9. The van der Waals surface area contributed by atoms with Crippen molar-refractivity contribution in [3.63, 3.8) is 0 Å². The largest absolute Gasteiger partial charge is 0.346 e. The Labute approximate surface area is 187 Å². The molecule has 156 valence electrons. The molecule has 0 atom stereocenters. The molecule has 0 bridgehead atoms. The van der Waals surface area contributed by atoms with Crippen LogP contribution in [-0.2, 0) is 12.8 Å². The molecule has 31 heavy (non-hydrogen) atoms. The lowest BCUT2D eigenvalue weighted by Gasteiger charge is -2.18. The van der Waals surface area contributed by atoms with Gasteiger partial charge in [0.05, 0.1) is 0 Å². The van der Waals surface area contributed by atoms with E-state index in [0.717, 1.165) is 24.4 Å². The van der Waals surface area contributed by atoms with Crippen LogP contribution in [0.1, 0.15) is 36.5 Å². The molecule has 4 aromatic rings. The summed E-state index contributed by atoms with van der Waals surface area (Å²) >= 11 is 0. The third-order valence-electron chi connectivity index (χ3n) is 5.34. The number of H-pyrrole nitrogens is 1. The van der Waals surface area contributed by atoms with Gasteiger partial charge in [0.2, 0.25) is 6.71 Å². The van der Waals surface area contributed by atoms with Crippen molar-refractivity contribution in [2.75, 3.05) is 0 Å². The first kappa shape index (κ1) is 22.4. The molecule has 0 amide bonds. The van der Waals surface area contributed by atoms with E-state index >= 15 is 0 Å². The first-order chi connectivity index (χ1) is 15.1. The number of hydrogen-bond acceptors (Lipinski definition) is 1. The van der Waals surface area contributed by atoms with Crippen molar-refractivity contribution in [3.8, 4) is 0 Å². The number of benzene rings is 3. The fraction of sp³-hybridized carbons (Fsp3) is 0.179. The Morgan fingerprint density at radius 3 is 2.10 bits per heavy atom. The van der Waals surface area contributed by atoms with Crippen LogP contribution >= 0.6 is 0 Å². The minimum atomic E-state index is 0.308. The lowest BCUT2D eigenvalue weighted by molar-refractivity contribution is 1.02. The highest BCUT2D eigenvalue weighted by Crippen LogP contribution is 2.06. The second kappa shape index (κ2) is 11.2. The Hall–Kier alpha value is -3.33. The minimum absolute atomic E-state index is 0.308. The Balaban J connectivity index is 0.000000185. The number of nitrogens with zero attached hydrogens (tertiary/aromatic N) is 1. The van der Waals surface area contributed by atoms with Crippen molar-refractivity contribution in [2.45, 2.75) is 33.6 Å². The average molecular weight is 406 g/mol. The molecule has 1 heterocycles. The van der Waals surface area contributed by atoms with Gasteiger partial charge in [-0.1, -0.05) is 115 Å². The normalized spacial score (nSPS) is 10.2. The summed E-state index contributed by atoms with van der Waals surface area (Å²) in [4.78, 5) is 7.47. The molecule has 0 spiro atoms. The predicted octanol–water partition coefficient (Wildman–Crippen LogP) is 5.28. The quantitative estimate of drug-likeness (QED) is 0.434. The van der Waals surface area contributed by atoms with Crippen LogP contribution in [0.4, 0.5) is 0 Å². The van der Waals surface area contributed by atoms with Gasteiger partial charge in [-0.2, -0.15) is 0 Å². The zero-order chi connectivity index (χ0) is 22.1. The van der Waals surface area contributed by atoms with E-state index in [9.17, 15) is 0 Å². The van der Waals surface area contributed by atoms with Crippen molar-refractivity contribution in [2.24, 2.45) is 0 Å². The van der Waals surface area contributed by atoms with Gasteiger partial charge in [-0.15, -0.1) is 12.1 Å². The van der Waals surface area contributed by atoms with Gasteiger partial charge in [0.25, 0.3) is 0 Å². The molecule has 0 fully saturated rings. The van der Waals surface area contributed by atoms with E-state index in [-0.39, 0.29) is 0 Å². The zero-order valence-corrected chi connectivity index (χ0v) is 18.8. The van der Waals surface area contributed by atoms with Crippen LogP contribution in [-0.4, -0.2) is 16.7 Å². The predicted molar refractivity (Wildman–Crippen MR) is 135 cm³/mol. The molecule has 0 unspecified atom stereocenters. The third kappa shape index (κ3) is 6.32. The van der Waals surface area contributed by atoms with Crippen molar-refractivity contribution in [1.82, 2.24) is 9.97 Å². The SMILES string of the molecule is C=C(C)B(c1ccccc1)c1ccccc1CC.Cc1cnc(Cc2ccccc2)[nH]1. The summed E-state index contributed by atoms with van der Waals surface area (Å²) in [6, 6.07) is 29.6. The van der Waals surface area contributed by atoms with Crippen LogP contribution in [0.5, 0.6) is 0 Å². The Bertz CT molecular complexity index is 1080. The van der Waals surface area contributed by atoms with Gasteiger partial charge < -0.3 is 4.98 Å². The second-order valence-electron chi connectivity index (χ2n) is 7.92. The number of aromatic amines is 1. The second-order valence-corrected chi connectivity index (χ2v) is 7.92. The fourth-order valence-corrected chi connectivity index (χ4v) is 3.86. The van der Waals surface area contributed by atoms with E-state index in [1.165, 1.54) is 27.5 Å². The summed E-state index contributed by atoms with van der Waals surface area (Å²) in [5.41, 5.74) is 7.73. The van der Waals surface area contributed by atoms with Crippen molar-refractivity contribution in [3.05, 3.63) is 126 Å². The molecule has 1 aromatic heterocycles. The maximum absolute atomic E-state index is 4.26. The number of allylic oxidation sites excluding steroid dienone is 1. The molecule has 3 heteroatoms. The highest BCUT2D eigenvalue weighted by Gasteiger charge is 2.21. The summed E-state index contributed by atoms with van der Waals surface area (Å²) in [7, 11) is 0. The minimum Gasteiger partial charge on any atom is -0.346 e. The maximum Gasteiger partial charge on any atom is 0.236 e. The van der Waals surface area contributed by atoms with Crippen LogP contribution < -0.4 is 10.9 Å². The standard InChI is InChI=1S/C17H19B.C11H12N2/c1-4-15-10-8-9-13-17(15)18(14(2)3)16-11-6-5-7-12-16;1-9-8-12-11(13-9)7-10-5-3-2-4-6-10/h5-13H,2,4H2,1,3H3;2-6,8H,7H2,1H3,(H,12,13). The van der Waals surface area contributed by atoms with Gasteiger partial charge >= 0.3 is 0 Å². The van der Waals surface area contributed by atoms with Gasteiger partial charge in [0, 0.05) is 18.3 Å². The highest BCUT2D eigenvalue weighted by atomic mass is 14.9. The van der Waals surface area contributed by atoms with Crippen LogP contribution in [0.15, 0.2) is 103 Å². The van der Waals surface area contributed by atoms with Crippen molar-refractivity contribution in [1.29, 1.82) is 0 Å². The van der Waals surface area contributed by atoms with Crippen LogP contribution in [0.2, 0.25) is 0 Å². The van der Waals surface area contributed by atoms with Crippen LogP contribution in [0, 0.1) is 6.92 Å². The molecular formula is C28H31BN2. The molecule has 0 aliphatic carbocycles. The number of imidazole rings is 1. The Morgan fingerprint density at radius 1 is 0.903 bits per heavy atom.